The summed E-state index contributed by atoms with van der Waals surface area (Å²) in [5.74, 6) is 4.54. The predicted octanol–water partition coefficient (Wildman–Crippen LogP) is 3.39. The number of hydrogen-bond donors (Lipinski definition) is 0. The lowest BCUT2D eigenvalue weighted by atomic mass is 9.48. The Morgan fingerprint density at radius 3 is 2.92 bits per heavy atom. The van der Waals surface area contributed by atoms with E-state index in [1.165, 1.54) is 12.8 Å². The average Bonchev–Trinajstić information content (AvgIpc) is 2.14. The Kier molecular flexibility index (Phi) is 1.99. The third-order valence-electron chi connectivity index (χ3n) is 4.14. The van der Waals surface area contributed by atoms with Gasteiger partial charge in [0.15, 0.2) is 0 Å². The van der Waals surface area contributed by atoms with Crippen LogP contribution < -0.4 is 0 Å². The van der Waals surface area contributed by atoms with Crippen molar-refractivity contribution in [3.05, 3.63) is 11.6 Å². The number of hydrogen-bond acceptors (Lipinski definition) is 0. The summed E-state index contributed by atoms with van der Waals surface area (Å²) in [6.07, 6.45) is 12.5. The van der Waals surface area contributed by atoms with Crippen LogP contribution in [0.1, 0.15) is 39.5 Å². The standard InChI is InChI=1S/C13H18/c1-4-5-6-10-7-8-11-9-12(10)13(11,2)3/h1,7,11-12H,5-6,8-9H2,2-3H3. The molecule has 0 radical (unpaired) electrons. The van der Waals surface area contributed by atoms with Crippen LogP contribution in [-0.2, 0) is 0 Å². The maximum absolute atomic E-state index is 5.29. The molecule has 0 spiro atoms. The van der Waals surface area contributed by atoms with E-state index in [2.05, 4.69) is 25.8 Å². The van der Waals surface area contributed by atoms with Crippen LogP contribution in [0.4, 0.5) is 0 Å². The van der Waals surface area contributed by atoms with E-state index in [9.17, 15) is 0 Å². The van der Waals surface area contributed by atoms with Crippen molar-refractivity contribution >= 4 is 0 Å². The van der Waals surface area contributed by atoms with Crippen molar-refractivity contribution in [3.63, 3.8) is 0 Å². The molecule has 1 fully saturated rings. The van der Waals surface area contributed by atoms with E-state index in [0.717, 1.165) is 24.7 Å². The summed E-state index contributed by atoms with van der Waals surface area (Å²) in [5, 5.41) is 0. The Hall–Kier alpha value is -0.700. The van der Waals surface area contributed by atoms with Gasteiger partial charge in [0.2, 0.25) is 0 Å². The number of fused-ring (bicyclic) bond motifs is 1. The van der Waals surface area contributed by atoms with Gasteiger partial charge in [-0.3, -0.25) is 0 Å². The summed E-state index contributed by atoms with van der Waals surface area (Å²) in [6, 6.07) is 0. The maximum Gasteiger partial charge on any atom is 0.0123 e. The van der Waals surface area contributed by atoms with Crippen molar-refractivity contribution in [1.82, 2.24) is 0 Å². The van der Waals surface area contributed by atoms with Crippen molar-refractivity contribution in [2.45, 2.75) is 39.5 Å². The second-order valence-electron chi connectivity index (χ2n) is 5.03. The van der Waals surface area contributed by atoms with E-state index in [4.69, 9.17) is 6.42 Å². The molecule has 13 heavy (non-hydrogen) atoms. The molecule has 0 aliphatic heterocycles. The van der Waals surface area contributed by atoms with E-state index >= 15 is 0 Å². The summed E-state index contributed by atoms with van der Waals surface area (Å²) in [4.78, 5) is 0. The van der Waals surface area contributed by atoms with Gasteiger partial charge in [-0.1, -0.05) is 25.5 Å². The molecular formula is C13H18. The second-order valence-corrected chi connectivity index (χ2v) is 5.03. The van der Waals surface area contributed by atoms with E-state index in [0.29, 0.717) is 5.41 Å². The van der Waals surface area contributed by atoms with Gasteiger partial charge in [0.25, 0.3) is 0 Å². The van der Waals surface area contributed by atoms with Crippen LogP contribution in [0.15, 0.2) is 11.6 Å². The first-order valence-corrected chi connectivity index (χ1v) is 5.28. The minimum atomic E-state index is 0.568. The average molecular weight is 174 g/mol. The molecule has 70 valence electrons. The highest BCUT2D eigenvalue weighted by Crippen LogP contribution is 2.59. The second kappa shape index (κ2) is 2.91. The van der Waals surface area contributed by atoms with E-state index in [-0.39, 0.29) is 0 Å². The number of allylic oxidation sites excluding steroid dienone is 2. The molecule has 3 aliphatic rings. The third-order valence-corrected chi connectivity index (χ3v) is 4.14. The zero-order chi connectivity index (χ0) is 9.47. The van der Waals surface area contributed by atoms with Crippen molar-refractivity contribution in [2.75, 3.05) is 0 Å². The van der Waals surface area contributed by atoms with E-state index < -0.39 is 0 Å². The van der Waals surface area contributed by atoms with Gasteiger partial charge in [0.1, 0.15) is 0 Å². The van der Waals surface area contributed by atoms with E-state index in [1.54, 1.807) is 5.57 Å². The lowest BCUT2D eigenvalue weighted by Crippen LogP contribution is -2.47. The normalized spacial score (nSPS) is 34.4. The molecule has 0 saturated heterocycles. The third kappa shape index (κ3) is 1.22. The van der Waals surface area contributed by atoms with E-state index in [1.807, 2.05) is 0 Å². The Morgan fingerprint density at radius 1 is 1.62 bits per heavy atom. The molecule has 1 saturated carbocycles. The van der Waals surface area contributed by atoms with Crippen molar-refractivity contribution in [3.8, 4) is 12.3 Å². The minimum Gasteiger partial charge on any atom is -0.120 e. The van der Waals surface area contributed by atoms with Crippen molar-refractivity contribution in [1.29, 1.82) is 0 Å². The largest absolute Gasteiger partial charge is 0.120 e. The lowest BCUT2D eigenvalue weighted by Gasteiger charge is -2.56. The van der Waals surface area contributed by atoms with Crippen LogP contribution >= 0.6 is 0 Å². The molecule has 2 atom stereocenters. The minimum absolute atomic E-state index is 0.568. The summed E-state index contributed by atoms with van der Waals surface area (Å²) >= 11 is 0. The van der Waals surface area contributed by atoms with Crippen molar-refractivity contribution in [2.24, 2.45) is 17.3 Å². The van der Waals surface area contributed by atoms with Crippen LogP contribution in [-0.4, -0.2) is 0 Å². The highest BCUT2D eigenvalue weighted by atomic mass is 14.5. The smallest absolute Gasteiger partial charge is 0.0123 e. The zero-order valence-electron chi connectivity index (χ0n) is 8.64. The highest BCUT2D eigenvalue weighted by molar-refractivity contribution is 5.23. The fourth-order valence-electron chi connectivity index (χ4n) is 2.97. The molecule has 3 rings (SSSR count). The molecule has 2 unspecified atom stereocenters. The summed E-state index contributed by atoms with van der Waals surface area (Å²) in [6.45, 7) is 4.82. The molecule has 0 heterocycles. The van der Waals surface area contributed by atoms with Gasteiger partial charge >= 0.3 is 0 Å². The lowest BCUT2D eigenvalue weighted by molar-refractivity contribution is -0.00806. The van der Waals surface area contributed by atoms with Crippen LogP contribution in [0.25, 0.3) is 0 Å². The van der Waals surface area contributed by atoms with Gasteiger partial charge in [-0.15, -0.1) is 12.3 Å². The molecule has 0 N–H and O–H groups in total. The Morgan fingerprint density at radius 2 is 2.38 bits per heavy atom. The topological polar surface area (TPSA) is 0 Å². The SMILES string of the molecule is C#CCCC1=CCC2CC1C2(C)C. The molecular weight excluding hydrogens is 156 g/mol. The fourth-order valence-corrected chi connectivity index (χ4v) is 2.97. The maximum atomic E-state index is 5.29. The molecule has 0 aromatic rings. The van der Waals surface area contributed by atoms with Gasteiger partial charge in [-0.05, 0) is 36.5 Å². The van der Waals surface area contributed by atoms with Gasteiger partial charge in [-0.25, -0.2) is 0 Å². The first-order valence-electron chi connectivity index (χ1n) is 5.28. The van der Waals surface area contributed by atoms with Gasteiger partial charge < -0.3 is 0 Å². The van der Waals surface area contributed by atoms with Crippen LogP contribution in [0.2, 0.25) is 0 Å². The van der Waals surface area contributed by atoms with Gasteiger partial charge in [-0.2, -0.15) is 0 Å². The molecule has 0 amide bonds. The molecule has 0 nitrogen and oxygen atoms in total. The molecule has 0 aromatic heterocycles. The van der Waals surface area contributed by atoms with Crippen LogP contribution in [0, 0.1) is 29.6 Å². The van der Waals surface area contributed by atoms with Crippen molar-refractivity contribution < 1.29 is 0 Å². The van der Waals surface area contributed by atoms with Gasteiger partial charge in [0.05, 0.1) is 0 Å². The molecule has 0 aromatic carbocycles. The Balaban J connectivity index is 2.06. The highest BCUT2D eigenvalue weighted by Gasteiger charge is 2.50. The number of rotatable bonds is 2. The van der Waals surface area contributed by atoms with Crippen LogP contribution in [0.5, 0.6) is 0 Å². The fraction of sp³-hybridized carbons (Fsp3) is 0.692. The Labute approximate surface area is 81.4 Å². The molecule has 2 bridgehead atoms. The monoisotopic (exact) mass is 174 g/mol. The quantitative estimate of drug-likeness (QED) is 0.444. The summed E-state index contributed by atoms with van der Waals surface area (Å²) in [5.41, 5.74) is 2.21. The molecule has 3 aliphatic carbocycles. The Bertz CT molecular complexity index is 275. The predicted molar refractivity (Wildman–Crippen MR) is 56.1 cm³/mol. The summed E-state index contributed by atoms with van der Waals surface area (Å²) < 4.78 is 0. The van der Waals surface area contributed by atoms with Crippen LogP contribution in [0.3, 0.4) is 0 Å². The first-order chi connectivity index (χ1) is 6.16. The van der Waals surface area contributed by atoms with Gasteiger partial charge in [0, 0.05) is 6.42 Å². The zero-order valence-corrected chi connectivity index (χ0v) is 8.64. The summed E-state index contributed by atoms with van der Waals surface area (Å²) in [7, 11) is 0. The first kappa shape index (κ1) is 8.88. The molecule has 0 heteroatoms. The number of terminal acetylenes is 1.